The molecule has 10 heteroatoms. The zero-order valence-electron chi connectivity index (χ0n) is 13.0. The van der Waals surface area contributed by atoms with Gasteiger partial charge < -0.3 is 9.73 Å². The van der Waals surface area contributed by atoms with E-state index < -0.39 is 11.9 Å². The molecule has 1 aliphatic heterocycles. The quantitative estimate of drug-likeness (QED) is 0.598. The van der Waals surface area contributed by atoms with E-state index in [0.717, 1.165) is 10.7 Å². The summed E-state index contributed by atoms with van der Waals surface area (Å²) in [6, 6.07) is 3.67. The minimum Gasteiger partial charge on any atom is -0.424 e. The van der Waals surface area contributed by atoms with Gasteiger partial charge >= 0.3 is 0 Å². The van der Waals surface area contributed by atoms with Crippen molar-refractivity contribution in [2.75, 3.05) is 5.33 Å². The summed E-state index contributed by atoms with van der Waals surface area (Å²) in [7, 11) is 0. The van der Waals surface area contributed by atoms with E-state index in [0.29, 0.717) is 28.2 Å². The maximum absolute atomic E-state index is 13.5. The number of nitrogens with one attached hydrogen (secondary N) is 1. The van der Waals surface area contributed by atoms with Gasteiger partial charge in [0.25, 0.3) is 0 Å². The summed E-state index contributed by atoms with van der Waals surface area (Å²) in [5.41, 5.74) is 2.10. The molecule has 1 atom stereocenters. The smallest absolute Gasteiger partial charge is 0.247 e. The Morgan fingerprint density at radius 3 is 2.92 bits per heavy atom. The van der Waals surface area contributed by atoms with E-state index in [-0.39, 0.29) is 5.02 Å². The molecule has 26 heavy (non-hydrogen) atoms. The van der Waals surface area contributed by atoms with Gasteiger partial charge in [-0.2, -0.15) is 0 Å². The van der Waals surface area contributed by atoms with Gasteiger partial charge in [0.2, 0.25) is 12.3 Å². The van der Waals surface area contributed by atoms with Crippen molar-refractivity contribution in [3.05, 3.63) is 69.2 Å². The normalized spacial score (nSPS) is 17.2. The van der Waals surface area contributed by atoms with Gasteiger partial charge in [-0.3, -0.25) is 4.99 Å². The molecule has 0 fully saturated rings. The van der Waals surface area contributed by atoms with Crippen LogP contribution in [0.2, 0.25) is 5.02 Å². The van der Waals surface area contributed by atoms with Gasteiger partial charge in [0, 0.05) is 33.2 Å². The lowest BCUT2D eigenvalue weighted by Crippen LogP contribution is -2.31. The van der Waals surface area contributed by atoms with Gasteiger partial charge in [0.1, 0.15) is 11.9 Å². The zero-order valence-corrected chi connectivity index (χ0v) is 16.1. The molecule has 0 spiro atoms. The van der Waals surface area contributed by atoms with Gasteiger partial charge in [0.15, 0.2) is 10.8 Å². The van der Waals surface area contributed by atoms with Crippen LogP contribution in [-0.2, 0) is 0 Å². The number of nitrogens with zero attached hydrogens (tertiary/aromatic N) is 4. The number of thiazole rings is 1. The van der Waals surface area contributed by atoms with Crippen LogP contribution in [0.3, 0.4) is 0 Å². The minimum absolute atomic E-state index is 0.269. The number of hydrogen-bond donors (Lipinski definition) is 1. The number of allylic oxidation sites excluding steroid dienone is 1. The number of benzene rings is 1. The molecular formula is C16H10BrClFN5OS. The largest absolute Gasteiger partial charge is 0.424 e. The highest BCUT2D eigenvalue weighted by atomic mass is 79.9. The number of halogens is 3. The lowest BCUT2D eigenvalue weighted by molar-refractivity contribution is 0.531. The average molecular weight is 455 g/mol. The lowest BCUT2D eigenvalue weighted by atomic mass is 9.95. The van der Waals surface area contributed by atoms with E-state index >= 15 is 0 Å². The number of aromatic nitrogens is 3. The van der Waals surface area contributed by atoms with Gasteiger partial charge in [-0.25, -0.2) is 9.37 Å². The number of aliphatic imine (C=N–C) groups is 1. The highest BCUT2D eigenvalue weighted by Gasteiger charge is 2.32. The van der Waals surface area contributed by atoms with E-state index in [9.17, 15) is 4.39 Å². The Morgan fingerprint density at radius 2 is 2.27 bits per heavy atom. The van der Waals surface area contributed by atoms with Crippen molar-refractivity contribution in [1.82, 2.24) is 20.5 Å². The Morgan fingerprint density at radius 1 is 1.38 bits per heavy atom. The second-order valence-electron chi connectivity index (χ2n) is 5.28. The maximum Gasteiger partial charge on any atom is 0.247 e. The Labute approximate surface area is 165 Å². The molecule has 1 aliphatic rings. The molecule has 1 N–H and O–H groups in total. The molecule has 0 aliphatic carbocycles. The van der Waals surface area contributed by atoms with Crippen LogP contribution in [0.25, 0.3) is 5.57 Å². The average Bonchev–Trinajstić information content (AvgIpc) is 3.34. The highest BCUT2D eigenvalue weighted by Crippen LogP contribution is 2.40. The molecule has 132 valence electrons. The van der Waals surface area contributed by atoms with E-state index in [4.69, 9.17) is 21.0 Å². The van der Waals surface area contributed by atoms with Crippen LogP contribution in [0.1, 0.15) is 22.5 Å². The van der Waals surface area contributed by atoms with Crippen molar-refractivity contribution in [1.29, 1.82) is 0 Å². The molecule has 0 bridgehead atoms. The third-order valence-electron chi connectivity index (χ3n) is 3.74. The molecule has 3 aromatic rings. The topological polar surface area (TPSA) is 76.2 Å². The fraction of sp³-hybridized carbons (Fsp3) is 0.125. The standard InChI is InChI=1S/C16H10BrClFN5OS/c17-6-11-12(15-24-21-7-25-15)13(9-2-1-8(19)5-10(9)18)23-14(22-11)16-20-3-4-26-16/h1-5,7,13H,6H2,(H,22,23). The predicted molar refractivity (Wildman–Crippen MR) is 101 cm³/mol. The van der Waals surface area contributed by atoms with Crippen molar-refractivity contribution in [3.8, 4) is 0 Å². The molecular weight excluding hydrogens is 445 g/mol. The molecule has 4 rings (SSSR count). The number of hydrogen-bond acceptors (Lipinski definition) is 7. The number of alkyl halides is 1. The van der Waals surface area contributed by atoms with Crippen LogP contribution in [-0.4, -0.2) is 26.3 Å². The molecule has 0 amide bonds. The van der Waals surface area contributed by atoms with Crippen LogP contribution in [0.5, 0.6) is 0 Å². The predicted octanol–water partition coefficient (Wildman–Crippen LogP) is 4.22. The molecule has 0 saturated heterocycles. The van der Waals surface area contributed by atoms with Gasteiger partial charge in [-0.05, 0) is 12.1 Å². The first-order valence-corrected chi connectivity index (χ1v) is 9.80. The van der Waals surface area contributed by atoms with Crippen LogP contribution in [0, 0.1) is 5.82 Å². The summed E-state index contributed by atoms with van der Waals surface area (Å²) in [6.45, 7) is 0. The molecule has 0 saturated carbocycles. The van der Waals surface area contributed by atoms with Crippen LogP contribution >= 0.6 is 38.9 Å². The van der Waals surface area contributed by atoms with Crippen molar-refractivity contribution in [3.63, 3.8) is 0 Å². The third kappa shape index (κ3) is 3.17. The SMILES string of the molecule is Fc1ccc(C2N=C(c3nccs3)NC(CBr)=C2c2nnco2)c(Cl)c1. The van der Waals surface area contributed by atoms with E-state index in [1.165, 1.54) is 29.9 Å². The molecule has 6 nitrogen and oxygen atoms in total. The Kier molecular flexibility index (Phi) is 4.84. The maximum atomic E-state index is 13.5. The Balaban J connectivity index is 1.90. The van der Waals surface area contributed by atoms with Crippen molar-refractivity contribution < 1.29 is 8.81 Å². The van der Waals surface area contributed by atoms with Crippen LogP contribution < -0.4 is 5.32 Å². The summed E-state index contributed by atoms with van der Waals surface area (Å²) < 4.78 is 18.9. The number of rotatable bonds is 4. The zero-order chi connectivity index (χ0) is 18.1. The van der Waals surface area contributed by atoms with E-state index in [1.54, 1.807) is 12.3 Å². The molecule has 2 aromatic heterocycles. The molecule has 0 radical (unpaired) electrons. The second-order valence-corrected chi connectivity index (χ2v) is 7.14. The fourth-order valence-electron chi connectivity index (χ4n) is 2.64. The van der Waals surface area contributed by atoms with Gasteiger partial charge in [-0.15, -0.1) is 21.5 Å². The second kappa shape index (κ2) is 7.26. The van der Waals surface area contributed by atoms with Crippen molar-refractivity contribution >= 4 is 50.3 Å². The summed E-state index contributed by atoms with van der Waals surface area (Å²) in [5.74, 6) is 0.503. The van der Waals surface area contributed by atoms with Crippen molar-refractivity contribution in [2.45, 2.75) is 6.04 Å². The first-order chi connectivity index (χ1) is 12.7. The lowest BCUT2D eigenvalue weighted by Gasteiger charge is -2.26. The van der Waals surface area contributed by atoms with E-state index in [2.05, 4.69) is 36.4 Å². The van der Waals surface area contributed by atoms with Gasteiger partial charge in [0.05, 0.1) is 5.57 Å². The van der Waals surface area contributed by atoms with E-state index in [1.807, 2.05) is 5.38 Å². The molecule has 1 aromatic carbocycles. The minimum atomic E-state index is -0.545. The third-order valence-corrected chi connectivity index (χ3v) is 5.41. The first kappa shape index (κ1) is 17.3. The van der Waals surface area contributed by atoms with Crippen molar-refractivity contribution in [2.24, 2.45) is 4.99 Å². The summed E-state index contributed by atoms with van der Waals surface area (Å²) in [6.07, 6.45) is 2.95. The monoisotopic (exact) mass is 453 g/mol. The first-order valence-electron chi connectivity index (χ1n) is 7.42. The highest BCUT2D eigenvalue weighted by molar-refractivity contribution is 9.09. The van der Waals surface area contributed by atoms with Crippen LogP contribution in [0.15, 0.2) is 51.3 Å². The van der Waals surface area contributed by atoms with Crippen LogP contribution in [0.4, 0.5) is 4.39 Å². The summed E-state index contributed by atoms with van der Waals surface area (Å²) >= 11 is 11.3. The molecule has 3 heterocycles. The summed E-state index contributed by atoms with van der Waals surface area (Å²) in [4.78, 5) is 9.06. The Hall–Kier alpha value is -2.10. The Bertz CT molecular complexity index is 990. The van der Waals surface area contributed by atoms with Gasteiger partial charge in [-0.1, -0.05) is 33.6 Å². The molecule has 1 unspecified atom stereocenters. The number of amidine groups is 1. The summed E-state index contributed by atoms with van der Waals surface area (Å²) in [5, 5.41) is 14.4. The fourth-order valence-corrected chi connectivity index (χ4v) is 3.94.